The highest BCUT2D eigenvalue weighted by molar-refractivity contribution is 5.86. The number of amides is 1. The number of hydrogen-bond donors (Lipinski definition) is 1. The van der Waals surface area contributed by atoms with E-state index in [0.29, 0.717) is 23.5 Å². The predicted octanol–water partition coefficient (Wildman–Crippen LogP) is 6.53. The molecule has 2 atom stereocenters. The second kappa shape index (κ2) is 11.8. The molecule has 0 bridgehead atoms. The topological polar surface area (TPSA) is 41.6 Å². The molecular formula is C24H35ClN2O2. The molecule has 2 aromatic rings. The maximum atomic E-state index is 12.3. The standard InChI is InChI=1S/C24H34N2O2.ClH/c1-7-23(18(4)16-26(5)6)20-9-8-10-22(15-20)28-24(27)25-21-13-11-19(12-14-21)17(2)3;/h8-15,17-18,23H,7,16H2,1-6H3,(H,25,27);1H. The van der Waals surface area contributed by atoms with Gasteiger partial charge in [-0.1, -0.05) is 52.0 Å². The molecule has 4 nitrogen and oxygen atoms in total. The predicted molar refractivity (Wildman–Crippen MR) is 125 cm³/mol. The largest absolute Gasteiger partial charge is 0.417 e. The van der Waals surface area contributed by atoms with Gasteiger partial charge in [0.15, 0.2) is 0 Å². The van der Waals surface area contributed by atoms with Gasteiger partial charge in [0.1, 0.15) is 5.75 Å². The molecule has 2 rings (SSSR count). The molecule has 0 aliphatic rings. The maximum Gasteiger partial charge on any atom is 0.417 e. The molecule has 1 N–H and O–H groups in total. The van der Waals surface area contributed by atoms with Crippen molar-refractivity contribution in [1.82, 2.24) is 4.90 Å². The number of nitrogens with zero attached hydrogens (tertiary/aromatic N) is 1. The van der Waals surface area contributed by atoms with Gasteiger partial charge in [0.25, 0.3) is 0 Å². The average Bonchev–Trinajstić information content (AvgIpc) is 2.62. The zero-order chi connectivity index (χ0) is 20.7. The third-order valence-electron chi connectivity index (χ3n) is 5.10. The van der Waals surface area contributed by atoms with Crippen LogP contribution in [0.3, 0.4) is 0 Å². The van der Waals surface area contributed by atoms with Crippen LogP contribution in [0.15, 0.2) is 48.5 Å². The Labute approximate surface area is 182 Å². The molecule has 2 unspecified atom stereocenters. The van der Waals surface area contributed by atoms with E-state index in [1.807, 2.05) is 42.5 Å². The van der Waals surface area contributed by atoms with Gasteiger partial charge in [0.2, 0.25) is 0 Å². The first-order chi connectivity index (χ1) is 13.3. The van der Waals surface area contributed by atoms with Gasteiger partial charge < -0.3 is 9.64 Å². The summed E-state index contributed by atoms with van der Waals surface area (Å²) in [6.45, 7) is 9.79. The van der Waals surface area contributed by atoms with Crippen molar-refractivity contribution in [3.05, 3.63) is 59.7 Å². The summed E-state index contributed by atoms with van der Waals surface area (Å²) in [5.74, 6) is 1.98. The molecule has 0 aromatic heterocycles. The Hall–Kier alpha value is -2.04. The van der Waals surface area contributed by atoms with Crippen LogP contribution >= 0.6 is 12.4 Å². The van der Waals surface area contributed by atoms with E-state index in [2.05, 4.69) is 58.1 Å². The SMILES string of the molecule is CCC(c1cccc(OC(=O)Nc2ccc(C(C)C)cc2)c1)C(C)CN(C)C.Cl. The van der Waals surface area contributed by atoms with Crippen LogP contribution in [0, 0.1) is 5.92 Å². The molecule has 0 spiro atoms. The summed E-state index contributed by atoms with van der Waals surface area (Å²) in [5, 5.41) is 2.80. The highest BCUT2D eigenvalue weighted by Gasteiger charge is 2.19. The van der Waals surface area contributed by atoms with Crippen molar-refractivity contribution < 1.29 is 9.53 Å². The van der Waals surface area contributed by atoms with Crippen molar-refractivity contribution in [2.75, 3.05) is 26.0 Å². The maximum absolute atomic E-state index is 12.3. The number of anilines is 1. The molecule has 0 aliphatic heterocycles. The molecule has 5 heteroatoms. The molecule has 0 radical (unpaired) electrons. The number of halogens is 1. The second-order valence-electron chi connectivity index (χ2n) is 8.12. The van der Waals surface area contributed by atoms with Crippen LogP contribution < -0.4 is 10.1 Å². The fraction of sp³-hybridized carbons (Fsp3) is 0.458. The Morgan fingerprint density at radius 1 is 1.03 bits per heavy atom. The number of rotatable bonds is 8. The summed E-state index contributed by atoms with van der Waals surface area (Å²) < 4.78 is 5.53. The second-order valence-corrected chi connectivity index (χ2v) is 8.12. The third-order valence-corrected chi connectivity index (χ3v) is 5.10. The summed E-state index contributed by atoms with van der Waals surface area (Å²) >= 11 is 0. The molecule has 0 heterocycles. The molecule has 1 amide bonds. The Balaban J connectivity index is 0.00000420. The summed E-state index contributed by atoms with van der Waals surface area (Å²) in [6.07, 6.45) is 0.580. The summed E-state index contributed by atoms with van der Waals surface area (Å²) in [4.78, 5) is 14.5. The normalized spacial score (nSPS) is 13.0. The molecular weight excluding hydrogens is 384 g/mol. The van der Waals surface area contributed by atoms with Crippen molar-refractivity contribution in [2.24, 2.45) is 5.92 Å². The monoisotopic (exact) mass is 418 g/mol. The summed E-state index contributed by atoms with van der Waals surface area (Å²) in [7, 11) is 4.20. The lowest BCUT2D eigenvalue weighted by molar-refractivity contribution is 0.215. The first-order valence-corrected chi connectivity index (χ1v) is 10.1. The van der Waals surface area contributed by atoms with Crippen LogP contribution in [0.25, 0.3) is 0 Å². The van der Waals surface area contributed by atoms with Crippen molar-refractivity contribution in [3.8, 4) is 5.75 Å². The number of hydrogen-bond acceptors (Lipinski definition) is 3. The van der Waals surface area contributed by atoms with Crippen LogP contribution in [0.1, 0.15) is 57.1 Å². The summed E-state index contributed by atoms with van der Waals surface area (Å²) in [5.41, 5.74) is 3.18. The van der Waals surface area contributed by atoms with Crippen LogP contribution in [-0.4, -0.2) is 31.6 Å². The lowest BCUT2D eigenvalue weighted by atomic mass is 9.85. The fourth-order valence-electron chi connectivity index (χ4n) is 3.68. The number of ether oxygens (including phenoxy) is 1. The van der Waals surface area contributed by atoms with Gasteiger partial charge in [-0.3, -0.25) is 5.32 Å². The Kier molecular flexibility index (Phi) is 10.2. The first-order valence-electron chi connectivity index (χ1n) is 10.1. The van der Waals surface area contributed by atoms with E-state index in [9.17, 15) is 4.79 Å². The highest BCUT2D eigenvalue weighted by atomic mass is 35.5. The minimum absolute atomic E-state index is 0. The number of carbonyl (C=O) groups is 1. The van der Waals surface area contributed by atoms with Crippen molar-refractivity contribution >= 4 is 24.2 Å². The van der Waals surface area contributed by atoms with E-state index in [1.54, 1.807) is 0 Å². The van der Waals surface area contributed by atoms with Crippen LogP contribution in [0.4, 0.5) is 10.5 Å². The van der Waals surface area contributed by atoms with E-state index < -0.39 is 6.09 Å². The molecule has 160 valence electrons. The minimum Gasteiger partial charge on any atom is -0.410 e. The van der Waals surface area contributed by atoms with Gasteiger partial charge in [-0.2, -0.15) is 0 Å². The average molecular weight is 419 g/mol. The number of nitrogens with one attached hydrogen (secondary N) is 1. The highest BCUT2D eigenvalue weighted by Crippen LogP contribution is 2.30. The van der Waals surface area contributed by atoms with Crippen LogP contribution in [0.5, 0.6) is 5.75 Å². The zero-order valence-corrected chi connectivity index (χ0v) is 19.3. The van der Waals surface area contributed by atoms with E-state index in [0.717, 1.165) is 18.7 Å². The van der Waals surface area contributed by atoms with E-state index in [1.165, 1.54) is 11.1 Å². The van der Waals surface area contributed by atoms with E-state index >= 15 is 0 Å². The van der Waals surface area contributed by atoms with Crippen LogP contribution in [-0.2, 0) is 0 Å². The molecule has 0 fully saturated rings. The summed E-state index contributed by atoms with van der Waals surface area (Å²) in [6, 6.07) is 15.8. The first kappa shape index (κ1) is 25.0. The van der Waals surface area contributed by atoms with Crippen LogP contribution in [0.2, 0.25) is 0 Å². The van der Waals surface area contributed by atoms with Gasteiger partial charge in [0.05, 0.1) is 0 Å². The molecule has 0 saturated heterocycles. The van der Waals surface area contributed by atoms with E-state index in [4.69, 9.17) is 4.74 Å². The Morgan fingerprint density at radius 2 is 1.69 bits per heavy atom. The lowest BCUT2D eigenvalue weighted by Gasteiger charge is -2.26. The van der Waals surface area contributed by atoms with Gasteiger partial charge in [-0.25, -0.2) is 4.79 Å². The third kappa shape index (κ3) is 7.71. The quantitative estimate of drug-likeness (QED) is 0.529. The smallest absolute Gasteiger partial charge is 0.410 e. The molecule has 0 saturated carbocycles. The molecule has 2 aromatic carbocycles. The minimum atomic E-state index is -0.469. The molecule has 0 aliphatic carbocycles. The van der Waals surface area contributed by atoms with Gasteiger partial charge in [0, 0.05) is 12.2 Å². The number of carbonyl (C=O) groups excluding carboxylic acids is 1. The van der Waals surface area contributed by atoms with Crippen molar-refractivity contribution in [2.45, 2.75) is 46.0 Å². The Morgan fingerprint density at radius 3 is 2.24 bits per heavy atom. The molecule has 29 heavy (non-hydrogen) atoms. The van der Waals surface area contributed by atoms with E-state index in [-0.39, 0.29) is 12.4 Å². The van der Waals surface area contributed by atoms with Gasteiger partial charge in [-0.05, 0) is 73.7 Å². The van der Waals surface area contributed by atoms with Gasteiger partial charge >= 0.3 is 6.09 Å². The van der Waals surface area contributed by atoms with Crippen molar-refractivity contribution in [1.29, 1.82) is 0 Å². The lowest BCUT2D eigenvalue weighted by Crippen LogP contribution is -2.24. The van der Waals surface area contributed by atoms with Crippen molar-refractivity contribution in [3.63, 3.8) is 0 Å². The zero-order valence-electron chi connectivity index (χ0n) is 18.4. The van der Waals surface area contributed by atoms with Gasteiger partial charge in [-0.15, -0.1) is 12.4 Å². The number of benzene rings is 2. The Bertz CT molecular complexity index is 760. The fourth-order valence-corrected chi connectivity index (χ4v) is 3.68.